The molecule has 2 amide bonds. The highest BCUT2D eigenvalue weighted by atomic mass is 35.5. The van der Waals surface area contributed by atoms with Crippen molar-refractivity contribution in [1.29, 1.82) is 0 Å². The number of anilines is 2. The monoisotopic (exact) mass is 481 g/mol. The molecule has 32 heavy (non-hydrogen) atoms. The summed E-state index contributed by atoms with van der Waals surface area (Å²) < 4.78 is 47.1. The van der Waals surface area contributed by atoms with Crippen LogP contribution in [0.4, 0.5) is 15.8 Å². The van der Waals surface area contributed by atoms with E-state index in [2.05, 4.69) is 10.6 Å². The van der Waals surface area contributed by atoms with Crippen LogP contribution in [0.15, 0.2) is 35.2 Å². The maximum atomic E-state index is 13.5. The quantitative estimate of drug-likeness (QED) is 0.697. The van der Waals surface area contributed by atoms with Crippen LogP contribution < -0.4 is 15.4 Å². The first kappa shape index (κ1) is 22.5. The molecule has 2 aromatic carbocycles. The van der Waals surface area contributed by atoms with Crippen LogP contribution in [-0.4, -0.2) is 43.2 Å². The lowest BCUT2D eigenvalue weighted by molar-refractivity contribution is -0.122. The number of carbonyl (C=O) groups excluding carboxylic acids is 2. The Labute approximate surface area is 189 Å². The lowest BCUT2D eigenvalue weighted by atomic mass is 10.1. The maximum Gasteiger partial charge on any atom is 0.265 e. The van der Waals surface area contributed by atoms with Crippen LogP contribution in [0.5, 0.6) is 5.75 Å². The number of nitrogens with one attached hydrogen (secondary N) is 2. The Balaban J connectivity index is 1.62. The second-order valence-corrected chi connectivity index (χ2v) is 10.0. The van der Waals surface area contributed by atoms with Gasteiger partial charge in [-0.3, -0.25) is 9.59 Å². The summed E-state index contributed by atoms with van der Waals surface area (Å²) in [5.74, 6) is -1.21. The number of ether oxygens (including phenoxy) is 1. The number of carbonyl (C=O) groups is 2. The summed E-state index contributed by atoms with van der Waals surface area (Å²) in [5, 5.41) is 5.15. The molecule has 0 saturated carbocycles. The van der Waals surface area contributed by atoms with E-state index < -0.39 is 33.9 Å². The van der Waals surface area contributed by atoms with Crippen LogP contribution in [0, 0.1) is 12.7 Å². The minimum Gasteiger partial charge on any atom is -0.479 e. The third-order valence-electron chi connectivity index (χ3n) is 5.49. The van der Waals surface area contributed by atoms with E-state index in [9.17, 15) is 22.4 Å². The second-order valence-electron chi connectivity index (χ2n) is 7.76. The normalized spacial score (nSPS) is 20.9. The number of hydrogen-bond acceptors (Lipinski definition) is 5. The van der Waals surface area contributed by atoms with Gasteiger partial charge in [0.05, 0.1) is 15.6 Å². The molecule has 11 heteroatoms. The molecule has 0 bridgehead atoms. The molecule has 2 N–H and O–H groups in total. The molecule has 170 valence electrons. The number of sulfonamides is 1. The molecule has 1 saturated heterocycles. The van der Waals surface area contributed by atoms with E-state index in [1.165, 1.54) is 24.3 Å². The molecule has 0 aliphatic carbocycles. The van der Waals surface area contributed by atoms with Gasteiger partial charge in [-0.2, -0.15) is 4.31 Å². The lowest BCUT2D eigenvalue weighted by Gasteiger charge is -2.27. The number of benzene rings is 2. The minimum atomic E-state index is -4.04. The SMILES string of the molecule is Cc1cc2c(cc1S(=O)(=O)N1CCC[C@H]1C(=O)Nc1ccc(F)c(Cl)c1)O[C@H](C)C(=O)N2. The Bertz CT molecular complexity index is 1220. The topological polar surface area (TPSA) is 105 Å². The van der Waals surface area contributed by atoms with Crippen molar-refractivity contribution in [2.75, 3.05) is 17.2 Å². The summed E-state index contributed by atoms with van der Waals surface area (Å²) in [6, 6.07) is 5.73. The fraction of sp³-hybridized carbons (Fsp3) is 0.333. The number of fused-ring (bicyclic) bond motifs is 1. The predicted octanol–water partition coefficient (Wildman–Crippen LogP) is 3.30. The van der Waals surface area contributed by atoms with Crippen LogP contribution in [0.25, 0.3) is 0 Å². The van der Waals surface area contributed by atoms with Gasteiger partial charge in [0, 0.05) is 18.3 Å². The van der Waals surface area contributed by atoms with Crippen molar-refractivity contribution in [2.24, 2.45) is 0 Å². The maximum absolute atomic E-state index is 13.5. The van der Waals surface area contributed by atoms with Gasteiger partial charge in [0.15, 0.2) is 6.10 Å². The average Bonchev–Trinajstić information content (AvgIpc) is 3.22. The molecule has 0 radical (unpaired) electrons. The third-order valence-corrected chi connectivity index (χ3v) is 7.83. The van der Waals surface area contributed by atoms with Crippen LogP contribution in [0.3, 0.4) is 0 Å². The molecule has 0 aromatic heterocycles. The fourth-order valence-corrected chi connectivity index (χ4v) is 5.90. The van der Waals surface area contributed by atoms with Gasteiger partial charge < -0.3 is 15.4 Å². The number of nitrogens with zero attached hydrogens (tertiary/aromatic N) is 1. The highest BCUT2D eigenvalue weighted by molar-refractivity contribution is 7.89. The van der Waals surface area contributed by atoms with Gasteiger partial charge in [-0.15, -0.1) is 0 Å². The van der Waals surface area contributed by atoms with Crippen molar-refractivity contribution >= 4 is 44.8 Å². The molecule has 2 aliphatic heterocycles. The highest BCUT2D eigenvalue weighted by Crippen LogP contribution is 2.37. The Kier molecular flexibility index (Phi) is 5.87. The average molecular weight is 482 g/mol. The van der Waals surface area contributed by atoms with Crippen LogP contribution in [-0.2, 0) is 19.6 Å². The van der Waals surface area contributed by atoms with E-state index in [0.29, 0.717) is 24.1 Å². The minimum absolute atomic E-state index is 0.00382. The largest absolute Gasteiger partial charge is 0.479 e. The predicted molar refractivity (Wildman–Crippen MR) is 117 cm³/mol. The molecule has 8 nitrogen and oxygen atoms in total. The van der Waals surface area contributed by atoms with Crippen molar-refractivity contribution in [3.8, 4) is 5.75 Å². The summed E-state index contributed by atoms with van der Waals surface area (Å²) in [7, 11) is -4.04. The molecule has 2 heterocycles. The number of amides is 2. The number of rotatable bonds is 4. The van der Waals surface area contributed by atoms with E-state index >= 15 is 0 Å². The summed E-state index contributed by atoms with van der Waals surface area (Å²) >= 11 is 5.76. The number of aryl methyl sites for hydroxylation is 1. The molecule has 2 aromatic rings. The Morgan fingerprint density at radius 3 is 2.78 bits per heavy atom. The van der Waals surface area contributed by atoms with Crippen molar-refractivity contribution in [2.45, 2.75) is 43.7 Å². The van der Waals surface area contributed by atoms with Gasteiger partial charge in [-0.1, -0.05) is 11.6 Å². The van der Waals surface area contributed by atoms with Gasteiger partial charge >= 0.3 is 0 Å². The zero-order chi connectivity index (χ0) is 23.2. The summed E-state index contributed by atoms with van der Waals surface area (Å²) in [6.07, 6.45) is 0.0939. The summed E-state index contributed by atoms with van der Waals surface area (Å²) in [6.45, 7) is 3.35. The van der Waals surface area contributed by atoms with E-state index in [-0.39, 0.29) is 33.8 Å². The van der Waals surface area contributed by atoms with E-state index in [4.69, 9.17) is 16.3 Å². The molecule has 2 aliphatic rings. The Morgan fingerprint density at radius 2 is 2.06 bits per heavy atom. The van der Waals surface area contributed by atoms with Crippen LogP contribution in [0.1, 0.15) is 25.3 Å². The van der Waals surface area contributed by atoms with Gasteiger partial charge in [-0.25, -0.2) is 12.8 Å². The number of hydrogen-bond donors (Lipinski definition) is 2. The van der Waals surface area contributed by atoms with Gasteiger partial charge in [0.2, 0.25) is 15.9 Å². The van der Waals surface area contributed by atoms with E-state index in [0.717, 1.165) is 10.4 Å². The van der Waals surface area contributed by atoms with Crippen molar-refractivity contribution < 1.29 is 27.1 Å². The fourth-order valence-electron chi connectivity index (χ4n) is 3.84. The van der Waals surface area contributed by atoms with E-state index in [1.54, 1.807) is 13.8 Å². The molecule has 0 spiro atoms. The Morgan fingerprint density at radius 1 is 1.31 bits per heavy atom. The van der Waals surface area contributed by atoms with Gasteiger partial charge in [-0.05, 0) is 56.5 Å². The van der Waals surface area contributed by atoms with Crippen molar-refractivity contribution in [3.05, 3.63) is 46.7 Å². The lowest BCUT2D eigenvalue weighted by Crippen LogP contribution is -2.43. The molecular formula is C21H21ClFN3O5S. The first-order valence-electron chi connectivity index (χ1n) is 9.98. The molecular weight excluding hydrogens is 461 g/mol. The standard InChI is InChI=1S/C21H21ClFN3O5S/c1-11-8-16-18(31-12(2)20(27)25-16)10-19(11)32(29,30)26-7-3-4-17(26)21(28)24-13-5-6-15(23)14(22)9-13/h5-6,8-10,12,17H,3-4,7H2,1-2H3,(H,24,28)(H,25,27)/t12-,17+/m1/s1. The van der Waals surface area contributed by atoms with Gasteiger partial charge in [0.25, 0.3) is 5.91 Å². The Hall–Kier alpha value is -2.69. The molecule has 4 rings (SSSR count). The third kappa shape index (κ3) is 4.05. The van der Waals surface area contributed by atoms with Crippen LogP contribution >= 0.6 is 11.6 Å². The van der Waals surface area contributed by atoms with Crippen LogP contribution in [0.2, 0.25) is 5.02 Å². The summed E-state index contributed by atoms with van der Waals surface area (Å²) in [5.41, 5.74) is 1.08. The second kappa shape index (κ2) is 8.34. The van der Waals surface area contributed by atoms with Crippen molar-refractivity contribution in [1.82, 2.24) is 4.31 Å². The first-order valence-corrected chi connectivity index (χ1v) is 11.8. The highest BCUT2D eigenvalue weighted by Gasteiger charge is 2.41. The zero-order valence-electron chi connectivity index (χ0n) is 17.3. The first-order chi connectivity index (χ1) is 15.1. The van der Waals surface area contributed by atoms with Crippen molar-refractivity contribution in [3.63, 3.8) is 0 Å². The molecule has 1 fully saturated rings. The van der Waals surface area contributed by atoms with E-state index in [1.807, 2.05) is 0 Å². The zero-order valence-corrected chi connectivity index (χ0v) is 18.9. The van der Waals surface area contributed by atoms with Gasteiger partial charge in [0.1, 0.15) is 17.6 Å². The summed E-state index contributed by atoms with van der Waals surface area (Å²) in [4.78, 5) is 24.7. The smallest absolute Gasteiger partial charge is 0.265 e. The number of halogens is 2. The molecule has 0 unspecified atom stereocenters. The molecule has 2 atom stereocenters.